The van der Waals surface area contributed by atoms with Gasteiger partial charge in [0, 0.05) is 18.2 Å². The van der Waals surface area contributed by atoms with E-state index < -0.39 is 5.97 Å². The van der Waals surface area contributed by atoms with Crippen molar-refractivity contribution < 1.29 is 9.90 Å². The second-order valence-corrected chi connectivity index (χ2v) is 3.15. The van der Waals surface area contributed by atoms with E-state index in [4.69, 9.17) is 5.11 Å². The summed E-state index contributed by atoms with van der Waals surface area (Å²) in [6, 6.07) is 5.83. The number of pyridine rings is 1. The monoisotopic (exact) mass is 202 g/mol. The summed E-state index contributed by atoms with van der Waals surface area (Å²) < 4.78 is 1.94. The summed E-state index contributed by atoms with van der Waals surface area (Å²) in [5.41, 5.74) is 2.03. The summed E-state index contributed by atoms with van der Waals surface area (Å²) in [5, 5.41) is 8.46. The van der Waals surface area contributed by atoms with E-state index in [2.05, 4.69) is 4.98 Å². The van der Waals surface area contributed by atoms with Gasteiger partial charge in [0.25, 0.3) is 0 Å². The number of hydrogen-bond acceptors (Lipinski definition) is 2. The van der Waals surface area contributed by atoms with E-state index in [-0.39, 0.29) is 0 Å². The fourth-order valence-corrected chi connectivity index (χ4v) is 1.45. The number of imidazole rings is 1. The van der Waals surface area contributed by atoms with E-state index in [1.54, 1.807) is 18.6 Å². The average molecular weight is 202 g/mol. The SMILES string of the molecule is O=C(O)C=CCc1cccc2cncn12. The Hall–Kier alpha value is -2.10. The molecular formula is C11H10N2O2. The van der Waals surface area contributed by atoms with Crippen molar-refractivity contribution in [3.63, 3.8) is 0 Å². The Bertz CT molecular complexity index is 514. The predicted octanol–water partition coefficient (Wildman–Crippen LogP) is 1.52. The third-order valence-electron chi connectivity index (χ3n) is 2.12. The van der Waals surface area contributed by atoms with Gasteiger partial charge >= 0.3 is 5.97 Å². The van der Waals surface area contributed by atoms with Crippen molar-refractivity contribution in [2.24, 2.45) is 0 Å². The second kappa shape index (κ2) is 3.96. The summed E-state index contributed by atoms with van der Waals surface area (Å²) in [5.74, 6) is -0.923. The van der Waals surface area contributed by atoms with Gasteiger partial charge in [-0.05, 0) is 12.1 Å². The minimum absolute atomic E-state index is 0.583. The van der Waals surface area contributed by atoms with Crippen LogP contribution in [0.3, 0.4) is 0 Å². The molecule has 2 aromatic rings. The Morgan fingerprint density at radius 3 is 3.20 bits per heavy atom. The molecule has 0 aliphatic carbocycles. The summed E-state index contributed by atoms with van der Waals surface area (Å²) in [6.07, 6.45) is 6.84. The van der Waals surface area contributed by atoms with Crippen molar-refractivity contribution >= 4 is 11.5 Å². The summed E-state index contributed by atoms with van der Waals surface area (Å²) in [7, 11) is 0. The van der Waals surface area contributed by atoms with Crippen LogP contribution in [0, 0.1) is 0 Å². The van der Waals surface area contributed by atoms with Crippen molar-refractivity contribution in [2.45, 2.75) is 6.42 Å². The molecule has 2 aromatic heterocycles. The van der Waals surface area contributed by atoms with Gasteiger partial charge in [0.2, 0.25) is 0 Å². The molecule has 0 saturated heterocycles. The number of aromatic nitrogens is 2. The Balaban J connectivity index is 2.27. The highest BCUT2D eigenvalue weighted by Gasteiger charge is 1.97. The normalized spacial score (nSPS) is 11.2. The van der Waals surface area contributed by atoms with E-state index in [1.165, 1.54) is 0 Å². The first-order valence-electron chi connectivity index (χ1n) is 4.57. The lowest BCUT2D eigenvalue weighted by Gasteiger charge is -2.01. The lowest BCUT2D eigenvalue weighted by Crippen LogP contribution is -1.94. The minimum Gasteiger partial charge on any atom is -0.478 e. The first-order chi connectivity index (χ1) is 7.27. The highest BCUT2D eigenvalue weighted by molar-refractivity contribution is 5.79. The molecule has 0 unspecified atom stereocenters. The first kappa shape index (κ1) is 9.45. The highest BCUT2D eigenvalue weighted by atomic mass is 16.4. The summed E-state index contributed by atoms with van der Waals surface area (Å²) in [6.45, 7) is 0. The van der Waals surface area contributed by atoms with Gasteiger partial charge < -0.3 is 9.51 Å². The standard InChI is InChI=1S/C11H10N2O2/c14-11(15)6-2-4-9-3-1-5-10-7-12-8-13(9)10/h1-3,5-8H,4H2,(H,14,15). The summed E-state index contributed by atoms with van der Waals surface area (Å²) in [4.78, 5) is 14.3. The fourth-order valence-electron chi connectivity index (χ4n) is 1.45. The number of aliphatic carboxylic acids is 1. The van der Waals surface area contributed by atoms with Crippen LogP contribution in [0.5, 0.6) is 0 Å². The molecule has 76 valence electrons. The smallest absolute Gasteiger partial charge is 0.327 e. The Labute approximate surface area is 86.5 Å². The third-order valence-corrected chi connectivity index (χ3v) is 2.12. The van der Waals surface area contributed by atoms with Crippen LogP contribution in [-0.2, 0) is 11.2 Å². The van der Waals surface area contributed by atoms with Gasteiger partial charge in [-0.2, -0.15) is 0 Å². The maximum atomic E-state index is 10.3. The molecule has 0 atom stereocenters. The van der Waals surface area contributed by atoms with Crippen molar-refractivity contribution in [2.75, 3.05) is 0 Å². The zero-order valence-corrected chi connectivity index (χ0v) is 8.00. The maximum Gasteiger partial charge on any atom is 0.327 e. The van der Waals surface area contributed by atoms with Crippen LogP contribution < -0.4 is 0 Å². The topological polar surface area (TPSA) is 54.6 Å². The van der Waals surface area contributed by atoms with Gasteiger partial charge in [0.05, 0.1) is 18.0 Å². The van der Waals surface area contributed by atoms with Gasteiger partial charge in [-0.3, -0.25) is 0 Å². The molecule has 4 nitrogen and oxygen atoms in total. The molecule has 0 aliphatic heterocycles. The number of carboxylic acid groups (broad SMARTS) is 1. The number of rotatable bonds is 3. The second-order valence-electron chi connectivity index (χ2n) is 3.15. The van der Waals surface area contributed by atoms with E-state index in [0.717, 1.165) is 17.3 Å². The third kappa shape index (κ3) is 2.04. The van der Waals surface area contributed by atoms with Gasteiger partial charge in [0.1, 0.15) is 0 Å². The molecule has 4 heteroatoms. The molecule has 0 aliphatic rings. The molecule has 0 saturated carbocycles. The number of fused-ring (bicyclic) bond motifs is 1. The molecule has 0 amide bonds. The molecule has 0 radical (unpaired) electrons. The number of carboxylic acids is 1. The molecule has 15 heavy (non-hydrogen) atoms. The summed E-state index contributed by atoms with van der Waals surface area (Å²) >= 11 is 0. The molecule has 0 bridgehead atoms. The van der Waals surface area contributed by atoms with E-state index in [0.29, 0.717) is 6.42 Å². The minimum atomic E-state index is -0.923. The molecule has 0 spiro atoms. The lowest BCUT2D eigenvalue weighted by molar-refractivity contribution is -0.131. The zero-order chi connectivity index (χ0) is 10.7. The molecule has 1 N–H and O–H groups in total. The van der Waals surface area contributed by atoms with E-state index >= 15 is 0 Å². The molecule has 2 rings (SSSR count). The average Bonchev–Trinajstić information content (AvgIpc) is 2.65. The molecule has 0 aromatic carbocycles. The van der Waals surface area contributed by atoms with Crippen LogP contribution in [0.25, 0.3) is 5.52 Å². The maximum absolute atomic E-state index is 10.3. The van der Waals surface area contributed by atoms with E-state index in [1.807, 2.05) is 22.6 Å². The Kier molecular flexibility index (Phi) is 2.49. The van der Waals surface area contributed by atoms with Crippen LogP contribution in [0.1, 0.15) is 5.69 Å². The van der Waals surface area contributed by atoms with Crippen LogP contribution in [0.15, 0.2) is 42.9 Å². The van der Waals surface area contributed by atoms with Crippen molar-refractivity contribution in [3.8, 4) is 0 Å². The number of hydrogen-bond donors (Lipinski definition) is 1. The largest absolute Gasteiger partial charge is 0.478 e. The molecular weight excluding hydrogens is 192 g/mol. The van der Waals surface area contributed by atoms with Crippen LogP contribution in [0.2, 0.25) is 0 Å². The van der Waals surface area contributed by atoms with E-state index in [9.17, 15) is 4.79 Å². The van der Waals surface area contributed by atoms with Crippen molar-refractivity contribution in [1.82, 2.24) is 9.38 Å². The first-order valence-corrected chi connectivity index (χ1v) is 4.57. The van der Waals surface area contributed by atoms with Crippen LogP contribution in [-0.4, -0.2) is 20.5 Å². The van der Waals surface area contributed by atoms with Gasteiger partial charge in [-0.1, -0.05) is 12.1 Å². The lowest BCUT2D eigenvalue weighted by atomic mass is 10.2. The zero-order valence-electron chi connectivity index (χ0n) is 8.00. The van der Waals surface area contributed by atoms with Crippen molar-refractivity contribution in [1.29, 1.82) is 0 Å². The van der Waals surface area contributed by atoms with Crippen molar-refractivity contribution in [3.05, 3.63) is 48.6 Å². The highest BCUT2D eigenvalue weighted by Crippen LogP contribution is 2.07. The van der Waals surface area contributed by atoms with Gasteiger partial charge in [-0.15, -0.1) is 0 Å². The molecule has 0 fully saturated rings. The molecule has 2 heterocycles. The predicted molar refractivity (Wildman–Crippen MR) is 55.7 cm³/mol. The number of allylic oxidation sites excluding steroid dienone is 1. The fraction of sp³-hybridized carbons (Fsp3) is 0.0909. The number of carbonyl (C=O) groups is 1. The van der Waals surface area contributed by atoms with Crippen LogP contribution >= 0.6 is 0 Å². The van der Waals surface area contributed by atoms with Gasteiger partial charge in [-0.25, -0.2) is 9.78 Å². The quantitative estimate of drug-likeness (QED) is 0.767. The Morgan fingerprint density at radius 2 is 2.40 bits per heavy atom. The number of nitrogens with zero attached hydrogens (tertiary/aromatic N) is 2. The Morgan fingerprint density at radius 1 is 1.53 bits per heavy atom. The van der Waals surface area contributed by atoms with Crippen LogP contribution in [0.4, 0.5) is 0 Å². The van der Waals surface area contributed by atoms with Gasteiger partial charge in [0.15, 0.2) is 0 Å².